The van der Waals surface area contributed by atoms with Gasteiger partial charge >= 0.3 is 0 Å². The molecule has 0 unspecified atom stereocenters. The normalized spacial score (nSPS) is 18.2. The topological polar surface area (TPSA) is 92.2 Å². The Morgan fingerprint density at radius 1 is 1.13 bits per heavy atom. The van der Waals surface area contributed by atoms with E-state index in [1.54, 1.807) is 42.7 Å². The molecule has 1 fully saturated rings. The minimum atomic E-state index is -0.731. The molecule has 8 nitrogen and oxygen atoms in total. The van der Waals surface area contributed by atoms with Crippen LogP contribution in [0.2, 0.25) is 0 Å². The maximum atomic E-state index is 13.0. The predicted octanol–water partition coefficient (Wildman–Crippen LogP) is 2.08. The van der Waals surface area contributed by atoms with E-state index in [0.29, 0.717) is 35.7 Å². The van der Waals surface area contributed by atoms with Crippen LogP contribution in [0.5, 0.6) is 11.5 Å². The van der Waals surface area contributed by atoms with Crippen LogP contribution in [0.25, 0.3) is 5.76 Å². The molecule has 0 saturated carbocycles. The molecule has 1 aliphatic heterocycles. The lowest BCUT2D eigenvalue weighted by molar-refractivity contribution is -0.140. The van der Waals surface area contributed by atoms with E-state index in [2.05, 4.69) is 4.98 Å². The molecule has 0 aliphatic carbocycles. The lowest BCUT2D eigenvalue weighted by Gasteiger charge is -2.26. The number of amides is 1. The van der Waals surface area contributed by atoms with Crippen molar-refractivity contribution < 1.29 is 24.2 Å². The second-order valence-corrected chi connectivity index (χ2v) is 7.14. The standard InChI is InChI=1S/C22H25N3O5/c1-24(2)11-12-25-19(14-7-9-23-10-8-14)18(21(27)22(25)28)20(26)16-6-5-15(29-3)13-17(16)30-4/h5-10,13,19,26H,11-12H2,1-4H3/t19-/m1/s1. The summed E-state index contributed by atoms with van der Waals surface area (Å²) in [7, 11) is 6.76. The number of hydrogen-bond donors (Lipinski definition) is 1. The summed E-state index contributed by atoms with van der Waals surface area (Å²) in [5.74, 6) is -0.791. The molecule has 1 saturated heterocycles. The minimum Gasteiger partial charge on any atom is -0.507 e. The van der Waals surface area contributed by atoms with Crippen LogP contribution in [0.3, 0.4) is 0 Å². The molecule has 3 rings (SSSR count). The van der Waals surface area contributed by atoms with E-state index in [9.17, 15) is 14.7 Å². The van der Waals surface area contributed by atoms with Gasteiger partial charge in [-0.3, -0.25) is 14.6 Å². The zero-order valence-electron chi connectivity index (χ0n) is 17.5. The molecule has 0 spiro atoms. The smallest absolute Gasteiger partial charge is 0.295 e. The largest absolute Gasteiger partial charge is 0.507 e. The first-order valence-corrected chi connectivity index (χ1v) is 9.44. The summed E-state index contributed by atoms with van der Waals surface area (Å²) in [5.41, 5.74) is 1.02. The van der Waals surface area contributed by atoms with Gasteiger partial charge in [0.15, 0.2) is 0 Å². The number of carbonyl (C=O) groups excluding carboxylic acids is 2. The van der Waals surface area contributed by atoms with Crippen LogP contribution in [0.4, 0.5) is 0 Å². The van der Waals surface area contributed by atoms with Crippen molar-refractivity contribution in [2.45, 2.75) is 6.04 Å². The summed E-state index contributed by atoms with van der Waals surface area (Å²) in [6, 6.07) is 7.61. The van der Waals surface area contributed by atoms with Crippen LogP contribution < -0.4 is 9.47 Å². The number of aromatic nitrogens is 1. The van der Waals surface area contributed by atoms with E-state index in [0.717, 1.165) is 0 Å². The molecular weight excluding hydrogens is 386 g/mol. The van der Waals surface area contributed by atoms with Gasteiger partial charge in [-0.25, -0.2) is 0 Å². The monoisotopic (exact) mass is 411 g/mol. The van der Waals surface area contributed by atoms with Crippen molar-refractivity contribution in [3.63, 3.8) is 0 Å². The highest BCUT2D eigenvalue weighted by Crippen LogP contribution is 2.41. The van der Waals surface area contributed by atoms with Crippen molar-refractivity contribution in [1.82, 2.24) is 14.8 Å². The molecule has 1 aromatic heterocycles. The summed E-state index contributed by atoms with van der Waals surface area (Å²) in [5, 5.41) is 11.1. The van der Waals surface area contributed by atoms with Crippen LogP contribution in [-0.2, 0) is 9.59 Å². The number of hydrogen-bond acceptors (Lipinski definition) is 7. The fourth-order valence-corrected chi connectivity index (χ4v) is 3.45. The van der Waals surface area contributed by atoms with E-state index >= 15 is 0 Å². The molecule has 0 bridgehead atoms. The predicted molar refractivity (Wildman–Crippen MR) is 111 cm³/mol. The number of pyridine rings is 1. The molecule has 1 N–H and O–H groups in total. The van der Waals surface area contributed by atoms with Gasteiger partial charge in [0.05, 0.1) is 31.4 Å². The first-order chi connectivity index (χ1) is 14.4. The van der Waals surface area contributed by atoms with Crippen molar-refractivity contribution >= 4 is 17.4 Å². The maximum absolute atomic E-state index is 13.0. The van der Waals surface area contributed by atoms with Crippen LogP contribution in [0.1, 0.15) is 17.2 Å². The number of aliphatic hydroxyl groups excluding tert-OH is 1. The Hall–Kier alpha value is -3.39. The average molecular weight is 411 g/mol. The second kappa shape index (κ2) is 8.96. The number of methoxy groups -OCH3 is 2. The van der Waals surface area contributed by atoms with Gasteiger partial charge in [-0.05, 0) is 43.9 Å². The Bertz CT molecular complexity index is 972. The molecular formula is C22H25N3O5. The number of aliphatic hydroxyl groups is 1. The number of Topliss-reactive ketones (excluding diaryl/α,β-unsaturated/α-hetero) is 1. The summed E-state index contributed by atoms with van der Waals surface area (Å²) in [4.78, 5) is 33.3. The average Bonchev–Trinajstić information content (AvgIpc) is 3.02. The SMILES string of the molecule is COc1ccc(C(O)=C2C(=O)C(=O)N(CCN(C)C)[C@@H]2c2ccncc2)c(OC)c1. The number of ketones is 1. The van der Waals surface area contributed by atoms with Gasteiger partial charge < -0.3 is 24.4 Å². The van der Waals surface area contributed by atoms with Crippen molar-refractivity contribution in [1.29, 1.82) is 0 Å². The van der Waals surface area contributed by atoms with E-state index in [-0.39, 0.29) is 11.3 Å². The number of likely N-dealkylation sites (N-methyl/N-ethyl adjacent to an activating group) is 1. The third-order valence-electron chi connectivity index (χ3n) is 5.01. The summed E-state index contributed by atoms with van der Waals surface area (Å²) < 4.78 is 10.6. The number of nitrogens with zero attached hydrogens (tertiary/aromatic N) is 3. The Morgan fingerprint density at radius 3 is 2.43 bits per heavy atom. The maximum Gasteiger partial charge on any atom is 0.295 e. The second-order valence-electron chi connectivity index (χ2n) is 7.14. The Kier molecular flexibility index (Phi) is 6.37. The zero-order valence-corrected chi connectivity index (χ0v) is 17.5. The van der Waals surface area contributed by atoms with Crippen LogP contribution in [0, 0.1) is 0 Å². The Morgan fingerprint density at radius 2 is 1.83 bits per heavy atom. The zero-order chi connectivity index (χ0) is 21.8. The molecule has 30 heavy (non-hydrogen) atoms. The van der Waals surface area contributed by atoms with Crippen molar-refractivity contribution in [3.8, 4) is 11.5 Å². The van der Waals surface area contributed by atoms with Gasteiger partial charge in [0, 0.05) is 31.5 Å². The summed E-state index contributed by atoms with van der Waals surface area (Å²) in [6.45, 7) is 0.904. The molecule has 2 heterocycles. The fourth-order valence-electron chi connectivity index (χ4n) is 3.45. The Labute approximate surface area is 175 Å². The molecule has 1 aromatic carbocycles. The molecule has 8 heteroatoms. The van der Waals surface area contributed by atoms with Crippen molar-refractivity contribution in [3.05, 3.63) is 59.4 Å². The van der Waals surface area contributed by atoms with E-state index in [1.165, 1.54) is 19.1 Å². The molecule has 0 radical (unpaired) electrons. The van der Waals surface area contributed by atoms with Gasteiger partial charge in [-0.1, -0.05) is 0 Å². The van der Waals surface area contributed by atoms with Crippen LogP contribution >= 0.6 is 0 Å². The lowest BCUT2D eigenvalue weighted by Crippen LogP contribution is -2.35. The van der Waals surface area contributed by atoms with Crippen molar-refractivity contribution in [2.24, 2.45) is 0 Å². The third-order valence-corrected chi connectivity index (χ3v) is 5.01. The molecule has 1 aliphatic rings. The first kappa shape index (κ1) is 21.3. The van der Waals surface area contributed by atoms with Gasteiger partial charge in [0.25, 0.3) is 11.7 Å². The number of benzene rings is 1. The van der Waals surface area contributed by atoms with Gasteiger partial charge in [-0.2, -0.15) is 0 Å². The summed E-state index contributed by atoms with van der Waals surface area (Å²) >= 11 is 0. The quantitative estimate of drug-likeness (QED) is 0.424. The molecule has 158 valence electrons. The molecule has 1 amide bonds. The fraction of sp³-hybridized carbons (Fsp3) is 0.318. The Balaban J connectivity index is 2.17. The third kappa shape index (κ3) is 3.99. The highest BCUT2D eigenvalue weighted by molar-refractivity contribution is 6.46. The minimum absolute atomic E-state index is 0.0217. The van der Waals surface area contributed by atoms with E-state index < -0.39 is 17.7 Å². The van der Waals surface area contributed by atoms with Gasteiger partial charge in [0.1, 0.15) is 17.3 Å². The van der Waals surface area contributed by atoms with Crippen LogP contribution in [-0.4, -0.2) is 73.0 Å². The molecule has 2 aromatic rings. The van der Waals surface area contributed by atoms with E-state index in [4.69, 9.17) is 9.47 Å². The van der Waals surface area contributed by atoms with Crippen LogP contribution in [0.15, 0.2) is 48.3 Å². The number of carbonyl (C=O) groups is 2. The highest BCUT2D eigenvalue weighted by Gasteiger charge is 2.46. The first-order valence-electron chi connectivity index (χ1n) is 9.44. The van der Waals surface area contributed by atoms with Gasteiger partial charge in [0.2, 0.25) is 0 Å². The van der Waals surface area contributed by atoms with Crippen molar-refractivity contribution in [2.75, 3.05) is 41.4 Å². The van der Waals surface area contributed by atoms with E-state index in [1.807, 2.05) is 19.0 Å². The molecule has 1 atom stereocenters. The number of likely N-dealkylation sites (tertiary alicyclic amines) is 1. The van der Waals surface area contributed by atoms with Gasteiger partial charge in [-0.15, -0.1) is 0 Å². The lowest BCUT2D eigenvalue weighted by atomic mass is 9.95. The summed E-state index contributed by atoms with van der Waals surface area (Å²) in [6.07, 6.45) is 3.19. The highest BCUT2D eigenvalue weighted by atomic mass is 16.5. The number of rotatable bonds is 7. The number of ether oxygens (including phenoxy) is 2.